The molecule has 3 unspecified atom stereocenters. The van der Waals surface area contributed by atoms with Gasteiger partial charge in [0.1, 0.15) is 5.15 Å². The first-order valence-electron chi connectivity index (χ1n) is 9.59. The summed E-state index contributed by atoms with van der Waals surface area (Å²) in [6.07, 6.45) is -2.93. The van der Waals surface area contributed by atoms with E-state index in [1.807, 2.05) is 4.90 Å². The summed E-state index contributed by atoms with van der Waals surface area (Å²) in [6, 6.07) is 5.31. The van der Waals surface area contributed by atoms with Crippen molar-refractivity contribution in [1.82, 2.24) is 20.0 Å². The highest BCUT2D eigenvalue weighted by molar-refractivity contribution is 6.30. The van der Waals surface area contributed by atoms with Crippen LogP contribution in [-0.4, -0.2) is 39.2 Å². The van der Waals surface area contributed by atoms with Crippen molar-refractivity contribution in [2.45, 2.75) is 51.5 Å². The van der Waals surface area contributed by atoms with Crippen LogP contribution in [0.15, 0.2) is 24.3 Å². The summed E-state index contributed by atoms with van der Waals surface area (Å²) in [7, 11) is 0. The lowest BCUT2D eigenvalue weighted by Gasteiger charge is -2.17. The van der Waals surface area contributed by atoms with Crippen molar-refractivity contribution >= 4 is 17.5 Å². The minimum atomic E-state index is -4.44. The molecule has 3 atom stereocenters. The van der Waals surface area contributed by atoms with Gasteiger partial charge >= 0.3 is 6.18 Å². The Bertz CT molecular complexity index is 942. The average Bonchev–Trinajstić information content (AvgIpc) is 3.15. The molecule has 1 amide bonds. The van der Waals surface area contributed by atoms with Crippen LogP contribution < -0.4 is 5.32 Å². The fourth-order valence-corrected chi connectivity index (χ4v) is 4.23. The van der Waals surface area contributed by atoms with Crippen molar-refractivity contribution in [1.29, 1.82) is 0 Å². The highest BCUT2D eigenvalue weighted by Gasteiger charge is 2.44. The molecular formula is C20H22ClF3N4O. The predicted molar refractivity (Wildman–Crippen MR) is 103 cm³/mol. The molecular weight excluding hydrogens is 405 g/mol. The van der Waals surface area contributed by atoms with Crippen LogP contribution in [0, 0.1) is 12.8 Å². The maximum absolute atomic E-state index is 13.0. The Morgan fingerprint density at radius 2 is 2.07 bits per heavy atom. The highest BCUT2D eigenvalue weighted by atomic mass is 35.5. The largest absolute Gasteiger partial charge is 0.416 e. The second kappa shape index (κ2) is 7.32. The first kappa shape index (κ1) is 20.2. The quantitative estimate of drug-likeness (QED) is 0.787. The highest BCUT2D eigenvalue weighted by Crippen LogP contribution is 2.37. The monoisotopic (exact) mass is 426 g/mol. The van der Waals surface area contributed by atoms with Crippen LogP contribution in [0.2, 0.25) is 5.15 Å². The zero-order valence-corrected chi connectivity index (χ0v) is 16.9. The lowest BCUT2D eigenvalue weighted by Crippen LogP contribution is -2.34. The number of carbonyl (C=O) groups excluding carboxylic acids is 1. The van der Waals surface area contributed by atoms with Gasteiger partial charge in [0, 0.05) is 37.2 Å². The normalized spacial score (nSPS) is 24.4. The molecule has 2 heterocycles. The van der Waals surface area contributed by atoms with Gasteiger partial charge < -0.3 is 10.2 Å². The number of benzene rings is 1. The van der Waals surface area contributed by atoms with Crippen LogP contribution >= 0.6 is 11.6 Å². The topological polar surface area (TPSA) is 50.2 Å². The third-order valence-corrected chi connectivity index (χ3v) is 6.12. The molecule has 0 spiro atoms. The van der Waals surface area contributed by atoms with Gasteiger partial charge in [0.25, 0.3) is 0 Å². The number of hydrogen-bond donors (Lipinski definition) is 1. The molecule has 1 aliphatic heterocycles. The number of aryl methyl sites for hydroxylation is 1. The van der Waals surface area contributed by atoms with E-state index in [1.165, 1.54) is 16.8 Å². The second-order valence-corrected chi connectivity index (χ2v) is 8.28. The molecule has 0 radical (unpaired) electrons. The van der Waals surface area contributed by atoms with Crippen molar-refractivity contribution in [2.24, 2.45) is 5.92 Å². The van der Waals surface area contributed by atoms with E-state index in [0.717, 1.165) is 24.1 Å². The van der Waals surface area contributed by atoms with E-state index in [-0.39, 0.29) is 22.8 Å². The Balaban J connectivity index is 1.48. The number of aromatic nitrogens is 2. The zero-order chi connectivity index (χ0) is 20.9. The van der Waals surface area contributed by atoms with E-state index in [4.69, 9.17) is 11.6 Å². The Morgan fingerprint density at radius 3 is 2.72 bits per heavy atom. The van der Waals surface area contributed by atoms with Crippen molar-refractivity contribution in [3.05, 3.63) is 46.2 Å². The molecule has 1 aromatic carbocycles. The molecule has 1 saturated carbocycles. The molecule has 0 bridgehead atoms. The summed E-state index contributed by atoms with van der Waals surface area (Å²) in [4.78, 5) is 14.2. The SMILES string of the molecule is Cc1nn(-c2cccc(C(F)(F)F)c2)c(Cl)c1CNC1CC(=O)N(C2CC2C)C1. The van der Waals surface area contributed by atoms with Gasteiger partial charge in [-0.3, -0.25) is 4.79 Å². The summed E-state index contributed by atoms with van der Waals surface area (Å²) in [5.74, 6) is 0.736. The zero-order valence-electron chi connectivity index (χ0n) is 16.1. The summed E-state index contributed by atoms with van der Waals surface area (Å²) in [6.45, 7) is 4.98. The average molecular weight is 427 g/mol. The van der Waals surface area contributed by atoms with Gasteiger partial charge in [-0.25, -0.2) is 4.68 Å². The molecule has 4 rings (SSSR count). The molecule has 1 aliphatic carbocycles. The molecule has 1 N–H and O–H groups in total. The smallest absolute Gasteiger partial charge is 0.338 e. The molecule has 2 fully saturated rings. The number of halogens is 4. The van der Waals surface area contributed by atoms with Crippen molar-refractivity contribution in [3.63, 3.8) is 0 Å². The number of carbonyl (C=O) groups is 1. The van der Waals surface area contributed by atoms with E-state index < -0.39 is 11.7 Å². The summed E-state index contributed by atoms with van der Waals surface area (Å²) in [5, 5.41) is 7.95. The fourth-order valence-electron chi connectivity index (χ4n) is 3.89. The minimum absolute atomic E-state index is 0.0303. The Hall–Kier alpha value is -2.06. The van der Waals surface area contributed by atoms with Crippen LogP contribution in [-0.2, 0) is 17.5 Å². The number of amides is 1. The van der Waals surface area contributed by atoms with Gasteiger partial charge in [-0.1, -0.05) is 24.6 Å². The van der Waals surface area contributed by atoms with E-state index in [2.05, 4.69) is 17.3 Å². The molecule has 29 heavy (non-hydrogen) atoms. The first-order valence-corrected chi connectivity index (χ1v) is 9.97. The number of nitrogens with zero attached hydrogens (tertiary/aromatic N) is 3. The Kier molecular flexibility index (Phi) is 5.11. The number of nitrogens with one attached hydrogen (secondary N) is 1. The van der Waals surface area contributed by atoms with Crippen LogP contribution in [0.4, 0.5) is 13.2 Å². The van der Waals surface area contributed by atoms with Crippen LogP contribution in [0.3, 0.4) is 0 Å². The first-order chi connectivity index (χ1) is 13.6. The molecule has 9 heteroatoms. The molecule has 2 aromatic rings. The van der Waals surface area contributed by atoms with E-state index in [0.29, 0.717) is 37.2 Å². The van der Waals surface area contributed by atoms with Crippen molar-refractivity contribution < 1.29 is 18.0 Å². The summed E-state index contributed by atoms with van der Waals surface area (Å²) >= 11 is 6.45. The number of likely N-dealkylation sites (tertiary alicyclic amines) is 1. The molecule has 156 valence electrons. The summed E-state index contributed by atoms with van der Waals surface area (Å²) < 4.78 is 40.3. The van der Waals surface area contributed by atoms with E-state index in [9.17, 15) is 18.0 Å². The molecule has 5 nitrogen and oxygen atoms in total. The third kappa shape index (κ3) is 4.00. The van der Waals surface area contributed by atoms with Gasteiger partial charge in [-0.2, -0.15) is 18.3 Å². The molecule has 1 aromatic heterocycles. The van der Waals surface area contributed by atoms with Crippen molar-refractivity contribution in [2.75, 3.05) is 6.54 Å². The van der Waals surface area contributed by atoms with Gasteiger partial charge in [0.05, 0.1) is 16.9 Å². The Labute approximate surface area is 171 Å². The molecule has 1 saturated heterocycles. The van der Waals surface area contributed by atoms with Gasteiger partial charge in [-0.05, 0) is 37.5 Å². The maximum atomic E-state index is 13.0. The van der Waals surface area contributed by atoms with E-state index >= 15 is 0 Å². The lowest BCUT2D eigenvalue weighted by atomic mass is 10.2. The van der Waals surface area contributed by atoms with Gasteiger partial charge in [0.15, 0.2) is 0 Å². The molecule has 2 aliphatic rings. The van der Waals surface area contributed by atoms with E-state index in [1.54, 1.807) is 6.92 Å². The maximum Gasteiger partial charge on any atom is 0.416 e. The predicted octanol–water partition coefficient (Wildman–Crippen LogP) is 3.95. The van der Waals surface area contributed by atoms with Crippen LogP contribution in [0.5, 0.6) is 0 Å². The van der Waals surface area contributed by atoms with Crippen molar-refractivity contribution in [3.8, 4) is 5.69 Å². The minimum Gasteiger partial charge on any atom is -0.338 e. The lowest BCUT2D eigenvalue weighted by molar-refractivity contribution is -0.137. The van der Waals surface area contributed by atoms with Crippen LogP contribution in [0.25, 0.3) is 5.69 Å². The number of hydrogen-bond acceptors (Lipinski definition) is 3. The second-order valence-electron chi connectivity index (χ2n) is 7.92. The number of rotatable bonds is 5. The number of alkyl halides is 3. The Morgan fingerprint density at radius 1 is 1.34 bits per heavy atom. The fraction of sp³-hybridized carbons (Fsp3) is 0.500. The summed E-state index contributed by atoms with van der Waals surface area (Å²) in [5.41, 5.74) is 0.855. The van der Waals surface area contributed by atoms with Gasteiger partial charge in [0.2, 0.25) is 5.91 Å². The van der Waals surface area contributed by atoms with Gasteiger partial charge in [-0.15, -0.1) is 0 Å². The third-order valence-electron chi connectivity index (χ3n) is 5.73. The van der Waals surface area contributed by atoms with Crippen LogP contribution in [0.1, 0.15) is 36.6 Å². The standard InChI is InChI=1S/C20H22ClF3N4O/c1-11-6-17(11)27-10-14(8-18(27)29)25-9-16-12(2)26-28(19(16)21)15-5-3-4-13(7-15)20(22,23)24/h3-5,7,11,14,17,25H,6,8-10H2,1-2H3.